The van der Waals surface area contributed by atoms with Crippen LogP contribution in [0.4, 0.5) is 11.5 Å². The van der Waals surface area contributed by atoms with E-state index < -0.39 is 0 Å². The van der Waals surface area contributed by atoms with Gasteiger partial charge in [-0.25, -0.2) is 4.68 Å². The number of thioether (sulfide) groups is 1. The summed E-state index contributed by atoms with van der Waals surface area (Å²) in [5, 5.41) is 13.1. The van der Waals surface area contributed by atoms with Crippen LogP contribution in [0.25, 0.3) is 22.8 Å². The predicted octanol–water partition coefficient (Wildman–Crippen LogP) is 5.16. The molecule has 11 heteroatoms. The van der Waals surface area contributed by atoms with Crippen molar-refractivity contribution in [3.8, 4) is 22.8 Å². The summed E-state index contributed by atoms with van der Waals surface area (Å²) in [6.07, 6.45) is 1.85. The van der Waals surface area contributed by atoms with Gasteiger partial charge in [0.25, 0.3) is 5.89 Å². The molecule has 0 aliphatic carbocycles. The summed E-state index contributed by atoms with van der Waals surface area (Å²) in [6, 6.07) is 12.4. The average Bonchev–Trinajstić information content (AvgIpc) is 3.36. The van der Waals surface area contributed by atoms with Gasteiger partial charge in [0.05, 0.1) is 0 Å². The third-order valence-corrected chi connectivity index (χ3v) is 6.06. The molecule has 2 aromatic heterocycles. The van der Waals surface area contributed by atoms with Crippen LogP contribution in [0.3, 0.4) is 0 Å². The summed E-state index contributed by atoms with van der Waals surface area (Å²) in [6.45, 7) is 1.74. The molecule has 0 atom stereocenters. The molecule has 0 bridgehead atoms. The number of carbonyl (C=O) groups excluding carboxylic acids is 1. The Kier molecular flexibility index (Phi) is 6.40. The second-order valence-corrected chi connectivity index (χ2v) is 8.46. The minimum absolute atomic E-state index is 0.0937. The fraction of sp³-hybridized carbons (Fsp3) is 0.143. The molecule has 0 fully saturated rings. The van der Waals surface area contributed by atoms with Gasteiger partial charge in [0.2, 0.25) is 11.7 Å². The highest BCUT2D eigenvalue weighted by Gasteiger charge is 2.24. The molecule has 164 valence electrons. The van der Waals surface area contributed by atoms with E-state index in [4.69, 9.17) is 33.5 Å². The fourth-order valence-electron chi connectivity index (χ4n) is 3.03. The Morgan fingerprint density at radius 2 is 1.97 bits per heavy atom. The molecule has 0 unspecified atom stereocenters. The van der Waals surface area contributed by atoms with E-state index in [9.17, 15) is 4.79 Å². The summed E-state index contributed by atoms with van der Waals surface area (Å²) < 4.78 is 6.85. The lowest BCUT2D eigenvalue weighted by Crippen LogP contribution is -2.21. The zero-order valence-corrected chi connectivity index (χ0v) is 19.4. The second kappa shape index (κ2) is 9.23. The van der Waals surface area contributed by atoms with Crippen molar-refractivity contribution in [1.82, 2.24) is 19.9 Å². The first-order valence-electron chi connectivity index (χ1n) is 9.42. The van der Waals surface area contributed by atoms with E-state index in [0.29, 0.717) is 32.1 Å². The van der Waals surface area contributed by atoms with Crippen molar-refractivity contribution in [2.75, 3.05) is 17.3 Å². The topological polar surface area (TPSA) is 112 Å². The van der Waals surface area contributed by atoms with Crippen molar-refractivity contribution in [2.45, 2.75) is 18.5 Å². The molecule has 0 aliphatic heterocycles. The number of nitrogen functional groups attached to an aromatic ring is 1. The lowest BCUT2D eigenvalue weighted by molar-refractivity contribution is -0.116. The van der Waals surface area contributed by atoms with Crippen LogP contribution in [-0.4, -0.2) is 32.1 Å². The highest BCUT2D eigenvalue weighted by atomic mass is 35.5. The van der Waals surface area contributed by atoms with Crippen LogP contribution in [0.5, 0.6) is 0 Å². The summed E-state index contributed by atoms with van der Waals surface area (Å²) in [4.78, 5) is 17.1. The highest BCUT2D eigenvalue weighted by molar-refractivity contribution is 7.98. The Morgan fingerprint density at radius 3 is 2.69 bits per heavy atom. The molecule has 0 saturated heterocycles. The molecule has 8 nitrogen and oxygen atoms in total. The van der Waals surface area contributed by atoms with Gasteiger partial charge in [0.15, 0.2) is 0 Å². The van der Waals surface area contributed by atoms with E-state index in [1.165, 1.54) is 16.4 Å². The third-order valence-electron chi connectivity index (χ3n) is 4.73. The van der Waals surface area contributed by atoms with Crippen molar-refractivity contribution in [2.24, 2.45) is 0 Å². The number of anilines is 2. The number of amides is 1. The van der Waals surface area contributed by atoms with E-state index >= 15 is 0 Å². The number of hydrogen-bond donors (Lipinski definition) is 2. The zero-order chi connectivity index (χ0) is 22.8. The van der Waals surface area contributed by atoms with Gasteiger partial charge < -0.3 is 15.6 Å². The van der Waals surface area contributed by atoms with Crippen molar-refractivity contribution in [3.63, 3.8) is 0 Å². The summed E-state index contributed by atoms with van der Waals surface area (Å²) in [7, 11) is 0. The first-order valence-corrected chi connectivity index (χ1v) is 11.4. The molecule has 1 amide bonds. The van der Waals surface area contributed by atoms with Crippen LogP contribution in [-0.2, 0) is 11.3 Å². The Labute approximate surface area is 198 Å². The Morgan fingerprint density at radius 1 is 1.22 bits per heavy atom. The molecule has 0 radical (unpaired) electrons. The number of aromatic nitrogens is 4. The fourth-order valence-corrected chi connectivity index (χ4v) is 3.90. The van der Waals surface area contributed by atoms with Gasteiger partial charge in [-0.05, 0) is 55.1 Å². The smallest absolute Gasteiger partial charge is 0.264 e. The standard InChI is InChI=1S/C21H18Cl2N6O2S/c1-11-14(23)4-3-5-15(11)25-16(30)10-29-18(24)17(21(27-29)32-2)20-26-19(28-31-20)12-6-8-13(22)9-7-12/h3-9H,10,24H2,1-2H3,(H,25,30). The number of benzene rings is 2. The van der Waals surface area contributed by atoms with Crippen LogP contribution in [0.15, 0.2) is 52.0 Å². The van der Waals surface area contributed by atoms with Gasteiger partial charge in [0.1, 0.15) is 23.0 Å². The lowest BCUT2D eigenvalue weighted by atomic mass is 10.2. The van der Waals surface area contributed by atoms with Gasteiger partial charge in [-0.1, -0.05) is 34.4 Å². The first-order chi connectivity index (χ1) is 15.4. The molecule has 0 saturated carbocycles. The first kappa shape index (κ1) is 22.2. The largest absolute Gasteiger partial charge is 0.383 e. The van der Waals surface area contributed by atoms with Crippen LogP contribution in [0.1, 0.15) is 5.56 Å². The maximum atomic E-state index is 12.6. The van der Waals surface area contributed by atoms with E-state index in [1.54, 1.807) is 42.5 Å². The van der Waals surface area contributed by atoms with E-state index in [0.717, 1.165) is 11.1 Å². The molecule has 4 rings (SSSR count). The molecule has 0 spiro atoms. The highest BCUT2D eigenvalue weighted by Crippen LogP contribution is 2.35. The van der Waals surface area contributed by atoms with E-state index in [-0.39, 0.29) is 24.2 Å². The maximum Gasteiger partial charge on any atom is 0.264 e. The number of nitrogens with zero attached hydrogens (tertiary/aromatic N) is 4. The Balaban J connectivity index is 1.59. The van der Waals surface area contributed by atoms with E-state index in [2.05, 4.69) is 20.6 Å². The number of rotatable bonds is 6. The average molecular weight is 489 g/mol. The number of halogens is 2. The van der Waals surface area contributed by atoms with Crippen molar-refractivity contribution < 1.29 is 9.32 Å². The zero-order valence-electron chi connectivity index (χ0n) is 17.1. The quantitative estimate of drug-likeness (QED) is 0.360. The normalized spacial score (nSPS) is 11.0. The van der Waals surface area contributed by atoms with Crippen LogP contribution < -0.4 is 11.1 Å². The minimum Gasteiger partial charge on any atom is -0.383 e. The third kappa shape index (κ3) is 4.45. The van der Waals surface area contributed by atoms with Gasteiger partial charge in [-0.3, -0.25) is 4.79 Å². The summed E-state index contributed by atoms with van der Waals surface area (Å²) in [5.41, 5.74) is 8.95. The summed E-state index contributed by atoms with van der Waals surface area (Å²) >= 11 is 13.4. The molecule has 2 aromatic carbocycles. The number of carbonyl (C=O) groups is 1. The van der Waals surface area contributed by atoms with Gasteiger partial charge in [0, 0.05) is 21.3 Å². The van der Waals surface area contributed by atoms with E-state index in [1.807, 2.05) is 13.2 Å². The molecular weight excluding hydrogens is 471 g/mol. The number of nitrogens with two attached hydrogens (primary N) is 1. The van der Waals surface area contributed by atoms with Crippen LogP contribution >= 0.6 is 35.0 Å². The van der Waals surface area contributed by atoms with Gasteiger partial charge >= 0.3 is 0 Å². The number of hydrogen-bond acceptors (Lipinski definition) is 7. The molecule has 0 aliphatic rings. The SMILES string of the molecule is CSc1nn(CC(=O)Nc2cccc(Cl)c2C)c(N)c1-c1nc(-c2ccc(Cl)cc2)no1. The predicted molar refractivity (Wildman–Crippen MR) is 127 cm³/mol. The summed E-state index contributed by atoms with van der Waals surface area (Å²) in [5.74, 6) is 0.564. The van der Waals surface area contributed by atoms with Crippen molar-refractivity contribution in [3.05, 3.63) is 58.1 Å². The molecule has 4 aromatic rings. The Bertz CT molecular complexity index is 1290. The number of nitrogens with one attached hydrogen (secondary N) is 1. The molecular formula is C21H18Cl2N6O2S. The molecule has 3 N–H and O–H groups in total. The monoisotopic (exact) mass is 488 g/mol. The van der Waals surface area contributed by atoms with Crippen molar-refractivity contribution >= 4 is 52.4 Å². The van der Waals surface area contributed by atoms with Crippen LogP contribution in [0.2, 0.25) is 10.0 Å². The maximum absolute atomic E-state index is 12.6. The Hall–Kier alpha value is -3.01. The molecule has 2 heterocycles. The van der Waals surface area contributed by atoms with Gasteiger partial charge in [-0.2, -0.15) is 10.1 Å². The minimum atomic E-state index is -0.295. The molecule has 32 heavy (non-hydrogen) atoms. The van der Waals surface area contributed by atoms with Gasteiger partial charge in [-0.15, -0.1) is 11.8 Å². The lowest BCUT2D eigenvalue weighted by Gasteiger charge is -2.10. The van der Waals surface area contributed by atoms with Crippen LogP contribution in [0, 0.1) is 6.92 Å². The van der Waals surface area contributed by atoms with Crippen molar-refractivity contribution in [1.29, 1.82) is 0 Å². The second-order valence-electron chi connectivity index (χ2n) is 6.82.